The molecule has 0 fully saturated rings. The molecule has 0 N–H and O–H groups in total. The predicted octanol–water partition coefficient (Wildman–Crippen LogP) is 15.4. The number of anilines is 3. The van der Waals surface area contributed by atoms with Crippen LogP contribution in [-0.2, 0) is 16.2 Å². The minimum absolute atomic E-state index is 0.117. The van der Waals surface area contributed by atoms with E-state index in [2.05, 4.69) is 222 Å². The molecule has 3 aliphatic carbocycles. The lowest BCUT2D eigenvalue weighted by molar-refractivity contribution is 0.660. The zero-order valence-corrected chi connectivity index (χ0v) is 34.2. The molecule has 0 atom stereocenters. The normalized spacial score (nSPS) is 15.5. The quantitative estimate of drug-likeness (QED) is 0.170. The van der Waals surface area contributed by atoms with E-state index in [1.165, 1.54) is 94.7 Å². The summed E-state index contributed by atoms with van der Waals surface area (Å²) in [5, 5.41) is 0. The maximum Gasteiger partial charge on any atom is 0.0543 e. The van der Waals surface area contributed by atoms with E-state index in [1.807, 2.05) is 0 Å². The van der Waals surface area contributed by atoms with Crippen molar-refractivity contribution in [2.45, 2.75) is 57.8 Å². The van der Waals surface area contributed by atoms with Crippen molar-refractivity contribution in [3.8, 4) is 55.6 Å². The Kier molecular flexibility index (Phi) is 7.36. The first-order chi connectivity index (χ1) is 28.1. The van der Waals surface area contributed by atoms with Crippen LogP contribution in [0.3, 0.4) is 0 Å². The molecule has 0 aliphatic heterocycles. The summed E-state index contributed by atoms with van der Waals surface area (Å²) in [4.78, 5) is 2.52. The van der Waals surface area contributed by atoms with Gasteiger partial charge in [-0.3, -0.25) is 0 Å². The van der Waals surface area contributed by atoms with Gasteiger partial charge in [0.1, 0.15) is 0 Å². The number of benzene rings is 8. The van der Waals surface area contributed by atoms with Gasteiger partial charge in [-0.2, -0.15) is 0 Å². The second kappa shape index (κ2) is 12.3. The fraction of sp³-hybridized carbons (Fsp3) is 0.158. The van der Waals surface area contributed by atoms with Crippen LogP contribution in [-0.4, -0.2) is 0 Å². The molecule has 0 spiro atoms. The summed E-state index contributed by atoms with van der Waals surface area (Å²) in [6, 6.07) is 66.1. The third-order valence-electron chi connectivity index (χ3n) is 13.8. The molecule has 3 aliphatic rings. The second-order valence-electron chi connectivity index (χ2n) is 18.1. The summed E-state index contributed by atoms with van der Waals surface area (Å²) in [6.07, 6.45) is 0. The highest BCUT2D eigenvalue weighted by atomic mass is 15.1. The van der Waals surface area contributed by atoms with Crippen molar-refractivity contribution in [1.82, 2.24) is 0 Å². The lowest BCUT2D eigenvalue weighted by Gasteiger charge is -2.30. The zero-order chi connectivity index (χ0) is 39.6. The van der Waals surface area contributed by atoms with Gasteiger partial charge in [0.2, 0.25) is 0 Å². The molecule has 0 saturated carbocycles. The van der Waals surface area contributed by atoms with E-state index in [9.17, 15) is 0 Å². The van der Waals surface area contributed by atoms with Gasteiger partial charge in [0.25, 0.3) is 0 Å². The van der Waals surface area contributed by atoms with Gasteiger partial charge >= 0.3 is 0 Å². The Bertz CT molecular complexity index is 2840. The van der Waals surface area contributed by atoms with Crippen molar-refractivity contribution in [3.05, 3.63) is 209 Å². The predicted molar refractivity (Wildman–Crippen MR) is 245 cm³/mol. The van der Waals surface area contributed by atoms with Crippen molar-refractivity contribution >= 4 is 17.1 Å². The molecule has 0 aromatic heterocycles. The van der Waals surface area contributed by atoms with Crippen LogP contribution in [0.5, 0.6) is 0 Å². The SMILES string of the molecule is CC1(C)c2ccccc2-c2c(N(c3cccc(-c4cccc5c4C(C)(C)c4ccccc4-5)c3)c3cccc(-c4cccc5c4C(C)(C)c4ccccc4-5)c3)cccc21. The Hall–Kier alpha value is -6.44. The lowest BCUT2D eigenvalue weighted by Crippen LogP contribution is -2.17. The minimum Gasteiger partial charge on any atom is -0.310 e. The first-order valence-corrected chi connectivity index (χ1v) is 20.8. The molecule has 0 unspecified atom stereocenters. The number of rotatable bonds is 5. The Balaban J connectivity index is 1.13. The first kappa shape index (κ1) is 34.8. The van der Waals surface area contributed by atoms with Crippen LogP contribution in [0.1, 0.15) is 74.9 Å². The number of hydrogen-bond acceptors (Lipinski definition) is 1. The van der Waals surface area contributed by atoms with Crippen LogP contribution >= 0.6 is 0 Å². The number of fused-ring (bicyclic) bond motifs is 9. The first-order valence-electron chi connectivity index (χ1n) is 20.8. The van der Waals surface area contributed by atoms with Crippen LogP contribution in [0.15, 0.2) is 176 Å². The highest BCUT2D eigenvalue weighted by Gasteiger charge is 2.40. The fourth-order valence-corrected chi connectivity index (χ4v) is 11.2. The van der Waals surface area contributed by atoms with Crippen molar-refractivity contribution in [2.24, 2.45) is 0 Å². The number of nitrogens with zero attached hydrogens (tertiary/aromatic N) is 1. The minimum atomic E-state index is -0.120. The topological polar surface area (TPSA) is 3.24 Å². The highest BCUT2D eigenvalue weighted by molar-refractivity contribution is 5.97. The molecule has 0 heterocycles. The summed E-state index contributed by atoms with van der Waals surface area (Å²) in [6.45, 7) is 14.3. The van der Waals surface area contributed by atoms with Crippen molar-refractivity contribution in [2.75, 3.05) is 4.90 Å². The van der Waals surface area contributed by atoms with Gasteiger partial charge in [0.05, 0.1) is 5.69 Å². The highest BCUT2D eigenvalue weighted by Crippen LogP contribution is 2.57. The molecule has 8 aromatic rings. The van der Waals surface area contributed by atoms with Crippen molar-refractivity contribution < 1.29 is 0 Å². The van der Waals surface area contributed by atoms with E-state index < -0.39 is 0 Å². The van der Waals surface area contributed by atoms with Crippen LogP contribution < -0.4 is 4.90 Å². The van der Waals surface area contributed by atoms with Gasteiger partial charge in [-0.15, -0.1) is 0 Å². The summed E-state index contributed by atoms with van der Waals surface area (Å²) in [7, 11) is 0. The van der Waals surface area contributed by atoms with E-state index in [0.717, 1.165) is 11.4 Å². The Morgan fingerprint density at radius 2 is 0.690 bits per heavy atom. The fourth-order valence-electron chi connectivity index (χ4n) is 11.2. The maximum atomic E-state index is 2.52. The van der Waals surface area contributed by atoms with Gasteiger partial charge < -0.3 is 4.90 Å². The zero-order valence-electron chi connectivity index (χ0n) is 34.2. The molecular formula is C57H47N. The van der Waals surface area contributed by atoms with Gasteiger partial charge in [-0.25, -0.2) is 0 Å². The Morgan fingerprint density at radius 1 is 0.310 bits per heavy atom. The van der Waals surface area contributed by atoms with E-state index >= 15 is 0 Å². The van der Waals surface area contributed by atoms with Gasteiger partial charge in [-0.1, -0.05) is 187 Å². The lowest BCUT2D eigenvalue weighted by atomic mass is 9.78. The maximum absolute atomic E-state index is 2.52. The van der Waals surface area contributed by atoms with Crippen LogP contribution in [0.2, 0.25) is 0 Å². The van der Waals surface area contributed by atoms with E-state index in [1.54, 1.807) is 0 Å². The molecule has 0 radical (unpaired) electrons. The molecule has 8 aromatic carbocycles. The smallest absolute Gasteiger partial charge is 0.0543 e. The van der Waals surface area contributed by atoms with Crippen molar-refractivity contribution in [1.29, 1.82) is 0 Å². The molecular weight excluding hydrogens is 699 g/mol. The summed E-state index contributed by atoms with van der Waals surface area (Å²) < 4.78 is 0. The summed E-state index contributed by atoms with van der Waals surface area (Å²) in [5.74, 6) is 0. The Labute approximate surface area is 343 Å². The van der Waals surface area contributed by atoms with Gasteiger partial charge in [0.15, 0.2) is 0 Å². The Morgan fingerprint density at radius 3 is 1.21 bits per heavy atom. The molecule has 0 saturated heterocycles. The molecule has 1 heteroatoms. The van der Waals surface area contributed by atoms with Crippen molar-refractivity contribution in [3.63, 3.8) is 0 Å². The third kappa shape index (κ3) is 4.77. The van der Waals surface area contributed by atoms with Gasteiger partial charge in [-0.05, 0) is 114 Å². The van der Waals surface area contributed by atoms with E-state index in [0.29, 0.717) is 0 Å². The van der Waals surface area contributed by atoms with Gasteiger partial charge in [0, 0.05) is 33.2 Å². The van der Waals surface area contributed by atoms with E-state index in [4.69, 9.17) is 0 Å². The summed E-state index contributed by atoms with van der Waals surface area (Å²) >= 11 is 0. The average Bonchev–Trinajstić information content (AvgIpc) is 3.74. The van der Waals surface area contributed by atoms with Crippen LogP contribution in [0.4, 0.5) is 17.1 Å². The molecule has 0 bridgehead atoms. The van der Waals surface area contributed by atoms with Crippen LogP contribution in [0.25, 0.3) is 55.6 Å². The largest absolute Gasteiger partial charge is 0.310 e. The molecule has 280 valence electrons. The van der Waals surface area contributed by atoms with Crippen LogP contribution in [0, 0.1) is 0 Å². The molecule has 58 heavy (non-hydrogen) atoms. The van der Waals surface area contributed by atoms with E-state index in [-0.39, 0.29) is 16.2 Å². The molecule has 0 amide bonds. The standard InChI is InChI=1S/C57H47N/c1-55(2)49-31-12-9-24-46(49)52-50(55)32-17-33-51(52)58(38-20-13-18-36(34-38)40-25-15-27-44-42-22-7-10-29-47(42)56(3,4)53(40)44)39-21-14-19-37(35-39)41-26-16-28-45-43-23-8-11-30-48(43)57(5,6)54(41)45/h7-35H,1-6H3. The third-order valence-corrected chi connectivity index (χ3v) is 13.8. The molecule has 1 nitrogen and oxygen atoms in total. The molecule has 11 rings (SSSR count). The summed E-state index contributed by atoms with van der Waals surface area (Å²) in [5.41, 5.74) is 24.5. The average molecular weight is 746 g/mol. The second-order valence-corrected chi connectivity index (χ2v) is 18.1. The monoisotopic (exact) mass is 745 g/mol. The number of hydrogen-bond donors (Lipinski definition) is 0.